The highest BCUT2D eigenvalue weighted by Crippen LogP contribution is 2.23. The lowest BCUT2D eigenvalue weighted by Gasteiger charge is -2.15. The predicted molar refractivity (Wildman–Crippen MR) is 95.6 cm³/mol. The number of hydrogen-bond donors (Lipinski definition) is 0. The quantitative estimate of drug-likeness (QED) is 0.500. The molecule has 1 unspecified atom stereocenters. The van der Waals surface area contributed by atoms with Crippen molar-refractivity contribution in [2.45, 2.75) is 13.0 Å². The first-order chi connectivity index (χ1) is 11.0. The molecule has 0 bridgehead atoms. The Labute approximate surface area is 146 Å². The number of benzene rings is 2. The summed E-state index contributed by atoms with van der Waals surface area (Å²) in [4.78, 5) is 11.9. The first-order valence-electron chi connectivity index (χ1n) is 7.01. The second-order valence-corrected chi connectivity index (χ2v) is 5.94. The summed E-state index contributed by atoms with van der Waals surface area (Å²) in [5, 5.41) is 1.30. The number of rotatable bonds is 5. The molecule has 0 heterocycles. The third-order valence-electron chi connectivity index (χ3n) is 3.11. The molecule has 2 rings (SSSR count). The second kappa shape index (κ2) is 8.00. The Morgan fingerprint density at radius 3 is 2.09 bits per heavy atom. The molecule has 0 saturated carbocycles. The van der Waals surface area contributed by atoms with Gasteiger partial charge in [0, 0.05) is 15.6 Å². The molecular weight excluding hydrogens is 331 g/mol. The smallest absolute Gasteiger partial charge is 0.334 e. The molecule has 0 aliphatic carbocycles. The van der Waals surface area contributed by atoms with Crippen LogP contribution in [0.5, 0.6) is 0 Å². The van der Waals surface area contributed by atoms with E-state index in [9.17, 15) is 4.79 Å². The number of hydrogen-bond acceptors (Lipinski definition) is 2. The van der Waals surface area contributed by atoms with Crippen LogP contribution in [0.2, 0.25) is 10.0 Å². The SMILES string of the molecule is C=C(C)C(=O)OC(C=Cc1ccc(Cl)cc1)c1ccc(Cl)cc1. The average molecular weight is 347 g/mol. The van der Waals surface area contributed by atoms with Crippen molar-refractivity contribution in [1.82, 2.24) is 0 Å². The van der Waals surface area contributed by atoms with Crippen molar-refractivity contribution in [3.8, 4) is 0 Å². The molecule has 2 nitrogen and oxygen atoms in total. The molecule has 2 aromatic carbocycles. The van der Waals surface area contributed by atoms with Crippen LogP contribution in [0.4, 0.5) is 0 Å². The number of carbonyl (C=O) groups is 1. The van der Waals surface area contributed by atoms with E-state index in [2.05, 4.69) is 6.58 Å². The van der Waals surface area contributed by atoms with Crippen molar-refractivity contribution >= 4 is 35.2 Å². The van der Waals surface area contributed by atoms with Crippen molar-refractivity contribution in [2.24, 2.45) is 0 Å². The third kappa shape index (κ3) is 5.27. The fourth-order valence-electron chi connectivity index (χ4n) is 1.86. The van der Waals surface area contributed by atoms with E-state index in [-0.39, 0.29) is 0 Å². The minimum atomic E-state index is -0.521. The highest BCUT2D eigenvalue weighted by Gasteiger charge is 2.14. The molecule has 0 N–H and O–H groups in total. The van der Waals surface area contributed by atoms with Crippen LogP contribution in [0.15, 0.2) is 66.8 Å². The van der Waals surface area contributed by atoms with Crippen molar-refractivity contribution in [2.75, 3.05) is 0 Å². The standard InChI is InChI=1S/C19H16Cl2O2/c1-13(2)19(22)23-18(15-6-10-17(21)11-7-15)12-5-14-3-8-16(20)9-4-14/h3-12,18H,1H2,2H3. The van der Waals surface area contributed by atoms with Crippen LogP contribution in [-0.2, 0) is 9.53 Å². The molecule has 0 radical (unpaired) electrons. The number of halogens is 2. The van der Waals surface area contributed by atoms with Gasteiger partial charge in [-0.25, -0.2) is 4.79 Å². The Kier molecular flexibility index (Phi) is 6.03. The molecule has 0 amide bonds. The normalized spacial score (nSPS) is 12.1. The summed E-state index contributed by atoms with van der Waals surface area (Å²) in [6, 6.07) is 14.5. The first-order valence-corrected chi connectivity index (χ1v) is 7.77. The van der Waals surface area contributed by atoms with Crippen LogP contribution in [0.25, 0.3) is 6.08 Å². The fraction of sp³-hybridized carbons (Fsp3) is 0.105. The molecule has 1 atom stereocenters. The van der Waals surface area contributed by atoms with E-state index >= 15 is 0 Å². The molecular formula is C19H16Cl2O2. The van der Waals surface area contributed by atoms with Crippen LogP contribution in [0.3, 0.4) is 0 Å². The maximum absolute atomic E-state index is 11.9. The van der Waals surface area contributed by atoms with Gasteiger partial charge in [0.2, 0.25) is 0 Å². The topological polar surface area (TPSA) is 26.3 Å². The zero-order valence-corrected chi connectivity index (χ0v) is 14.1. The van der Waals surface area contributed by atoms with Crippen LogP contribution in [0.1, 0.15) is 24.2 Å². The largest absolute Gasteiger partial charge is 0.450 e. The summed E-state index contributed by atoms with van der Waals surface area (Å²) in [6.07, 6.45) is 3.17. The Bertz CT molecular complexity index is 716. The molecule has 0 aromatic heterocycles. The Morgan fingerprint density at radius 1 is 1.04 bits per heavy atom. The van der Waals surface area contributed by atoms with Gasteiger partial charge in [0.25, 0.3) is 0 Å². The molecule has 0 aliphatic rings. The zero-order chi connectivity index (χ0) is 16.8. The van der Waals surface area contributed by atoms with Gasteiger partial charge >= 0.3 is 5.97 Å². The maximum atomic E-state index is 11.9. The average Bonchev–Trinajstić information content (AvgIpc) is 2.53. The number of carbonyl (C=O) groups excluding carboxylic acids is 1. The molecule has 0 fully saturated rings. The monoisotopic (exact) mass is 346 g/mol. The lowest BCUT2D eigenvalue weighted by atomic mass is 10.1. The first kappa shape index (κ1) is 17.3. The highest BCUT2D eigenvalue weighted by molar-refractivity contribution is 6.30. The van der Waals surface area contributed by atoms with Gasteiger partial charge in [-0.05, 0) is 48.4 Å². The lowest BCUT2D eigenvalue weighted by molar-refractivity contribution is -0.142. The highest BCUT2D eigenvalue weighted by atomic mass is 35.5. The van der Waals surface area contributed by atoms with Crippen LogP contribution >= 0.6 is 23.2 Å². The van der Waals surface area contributed by atoms with E-state index in [0.717, 1.165) is 11.1 Å². The van der Waals surface area contributed by atoms with Crippen molar-refractivity contribution in [3.05, 3.63) is 87.9 Å². The second-order valence-electron chi connectivity index (χ2n) is 5.07. The fourth-order valence-corrected chi connectivity index (χ4v) is 2.11. The maximum Gasteiger partial charge on any atom is 0.334 e. The van der Waals surface area contributed by atoms with Crippen LogP contribution in [0, 0.1) is 0 Å². The van der Waals surface area contributed by atoms with Crippen LogP contribution < -0.4 is 0 Å². The lowest BCUT2D eigenvalue weighted by Crippen LogP contribution is -2.10. The molecule has 4 heteroatoms. The summed E-state index contributed by atoms with van der Waals surface area (Å²) in [7, 11) is 0. The minimum Gasteiger partial charge on any atom is -0.450 e. The summed E-state index contributed by atoms with van der Waals surface area (Å²) in [6.45, 7) is 5.22. The molecule has 0 saturated heterocycles. The molecule has 0 aliphatic heterocycles. The van der Waals surface area contributed by atoms with Gasteiger partial charge in [-0.1, -0.05) is 60.1 Å². The van der Waals surface area contributed by atoms with E-state index in [4.69, 9.17) is 27.9 Å². The molecule has 0 spiro atoms. The van der Waals surface area contributed by atoms with Gasteiger partial charge in [0.15, 0.2) is 0 Å². The van der Waals surface area contributed by atoms with Gasteiger partial charge in [0.1, 0.15) is 6.10 Å². The van der Waals surface area contributed by atoms with E-state index in [1.54, 1.807) is 31.2 Å². The van der Waals surface area contributed by atoms with E-state index in [1.807, 2.05) is 36.4 Å². The molecule has 2 aromatic rings. The van der Waals surface area contributed by atoms with Crippen molar-refractivity contribution in [3.63, 3.8) is 0 Å². The van der Waals surface area contributed by atoms with Gasteiger partial charge in [0.05, 0.1) is 0 Å². The summed E-state index contributed by atoms with van der Waals surface area (Å²) in [5.74, 6) is -0.439. The molecule has 118 valence electrons. The van der Waals surface area contributed by atoms with Crippen molar-refractivity contribution in [1.29, 1.82) is 0 Å². The van der Waals surface area contributed by atoms with E-state index < -0.39 is 12.1 Å². The minimum absolute atomic E-state index is 0.351. The summed E-state index contributed by atoms with van der Waals surface area (Å²) < 4.78 is 5.49. The Morgan fingerprint density at radius 2 is 1.57 bits per heavy atom. The molecule has 23 heavy (non-hydrogen) atoms. The van der Waals surface area contributed by atoms with Gasteiger partial charge < -0.3 is 4.74 Å². The van der Waals surface area contributed by atoms with Gasteiger partial charge in [-0.3, -0.25) is 0 Å². The zero-order valence-electron chi connectivity index (χ0n) is 12.6. The summed E-state index contributed by atoms with van der Waals surface area (Å²) >= 11 is 11.8. The Hall–Kier alpha value is -2.03. The van der Waals surface area contributed by atoms with Crippen molar-refractivity contribution < 1.29 is 9.53 Å². The third-order valence-corrected chi connectivity index (χ3v) is 3.62. The number of ether oxygens (including phenoxy) is 1. The Balaban J connectivity index is 2.25. The predicted octanol–water partition coefficient (Wildman–Crippen LogP) is 5.87. The summed E-state index contributed by atoms with van der Waals surface area (Å²) in [5.41, 5.74) is 2.14. The van der Waals surface area contributed by atoms with E-state index in [0.29, 0.717) is 15.6 Å². The van der Waals surface area contributed by atoms with Crippen LogP contribution in [-0.4, -0.2) is 5.97 Å². The van der Waals surface area contributed by atoms with Gasteiger partial charge in [-0.15, -0.1) is 0 Å². The van der Waals surface area contributed by atoms with Gasteiger partial charge in [-0.2, -0.15) is 0 Å². The van der Waals surface area contributed by atoms with E-state index in [1.165, 1.54) is 0 Å². The number of esters is 1.